The molecule has 0 saturated heterocycles. The Morgan fingerprint density at radius 1 is 1.03 bits per heavy atom. The van der Waals surface area contributed by atoms with Gasteiger partial charge in [-0.1, -0.05) is 18.2 Å². The summed E-state index contributed by atoms with van der Waals surface area (Å²) in [7, 11) is 4.52. The minimum atomic E-state index is -0.526. The van der Waals surface area contributed by atoms with Gasteiger partial charge in [0.15, 0.2) is 17.1 Å². The molecular formula is C23H21N5O5. The predicted molar refractivity (Wildman–Crippen MR) is 123 cm³/mol. The van der Waals surface area contributed by atoms with Crippen LogP contribution in [0.1, 0.15) is 5.56 Å². The summed E-state index contributed by atoms with van der Waals surface area (Å²) < 4.78 is 18.5. The van der Waals surface area contributed by atoms with Crippen LogP contribution in [0.2, 0.25) is 0 Å². The van der Waals surface area contributed by atoms with Crippen molar-refractivity contribution in [1.82, 2.24) is 19.4 Å². The lowest BCUT2D eigenvalue weighted by atomic mass is 10.1. The van der Waals surface area contributed by atoms with E-state index < -0.39 is 11.5 Å². The first-order chi connectivity index (χ1) is 16.0. The highest BCUT2D eigenvalue weighted by Crippen LogP contribution is 2.38. The van der Waals surface area contributed by atoms with Gasteiger partial charge in [0.25, 0.3) is 11.5 Å². The molecule has 4 aromatic rings. The minimum Gasteiger partial charge on any atom is -0.493 e. The molecule has 1 amide bonds. The molecule has 0 bridgehead atoms. The van der Waals surface area contributed by atoms with Crippen LogP contribution in [0.3, 0.4) is 0 Å². The molecule has 10 nitrogen and oxygen atoms in total. The molecule has 0 fully saturated rings. The van der Waals surface area contributed by atoms with Crippen LogP contribution in [0.15, 0.2) is 65.9 Å². The summed E-state index contributed by atoms with van der Waals surface area (Å²) in [5.74, 6) is 0.836. The zero-order chi connectivity index (χ0) is 23.4. The highest BCUT2D eigenvalue weighted by molar-refractivity contribution is 5.97. The van der Waals surface area contributed by atoms with Crippen molar-refractivity contribution < 1.29 is 19.0 Å². The van der Waals surface area contributed by atoms with E-state index in [9.17, 15) is 9.59 Å². The maximum atomic E-state index is 12.8. The molecule has 33 heavy (non-hydrogen) atoms. The first kappa shape index (κ1) is 21.6. The van der Waals surface area contributed by atoms with E-state index >= 15 is 0 Å². The molecular weight excluding hydrogens is 426 g/mol. The van der Waals surface area contributed by atoms with E-state index in [2.05, 4.69) is 15.5 Å². The van der Waals surface area contributed by atoms with Crippen LogP contribution in [0, 0.1) is 0 Å². The lowest BCUT2D eigenvalue weighted by Gasteiger charge is -2.12. The van der Waals surface area contributed by atoms with E-state index in [1.807, 2.05) is 30.3 Å². The number of rotatable bonds is 7. The highest BCUT2D eigenvalue weighted by Gasteiger charge is 2.14. The van der Waals surface area contributed by atoms with Gasteiger partial charge in [-0.15, -0.1) is 0 Å². The average molecular weight is 447 g/mol. The standard InChI is InChI=1S/C23H21N5O5/c1-31-18-11-15(12-19(32-2)21(18)33-3)9-10-20(29)26-27-14-24-22-17(23(27)30)13-25-28(22)16-7-5-4-6-8-16/h4-14H,1-3H3,(H,26,29)/b10-9+. The fourth-order valence-corrected chi connectivity index (χ4v) is 3.27. The zero-order valence-electron chi connectivity index (χ0n) is 18.2. The quantitative estimate of drug-likeness (QED) is 0.433. The normalized spacial score (nSPS) is 11.0. The summed E-state index contributed by atoms with van der Waals surface area (Å²) in [6.45, 7) is 0. The molecule has 0 atom stereocenters. The van der Waals surface area contributed by atoms with Crippen LogP contribution in [0.4, 0.5) is 0 Å². The number of aromatic nitrogens is 4. The van der Waals surface area contributed by atoms with E-state index in [1.54, 1.807) is 22.9 Å². The molecule has 1 N–H and O–H groups in total. The number of hydrogen-bond donors (Lipinski definition) is 1. The smallest absolute Gasteiger partial charge is 0.283 e. The van der Waals surface area contributed by atoms with Gasteiger partial charge in [-0.25, -0.2) is 14.3 Å². The number of fused-ring (bicyclic) bond motifs is 1. The van der Waals surface area contributed by atoms with Gasteiger partial charge in [0, 0.05) is 6.08 Å². The van der Waals surface area contributed by atoms with Gasteiger partial charge in [-0.2, -0.15) is 5.10 Å². The van der Waals surface area contributed by atoms with Crippen molar-refractivity contribution in [1.29, 1.82) is 0 Å². The molecule has 0 aliphatic carbocycles. The van der Waals surface area contributed by atoms with Gasteiger partial charge in [0.05, 0.1) is 33.2 Å². The van der Waals surface area contributed by atoms with Gasteiger partial charge in [-0.3, -0.25) is 15.0 Å². The SMILES string of the molecule is COc1cc(/C=C/C(=O)Nn2cnc3c(cnn3-c3ccccc3)c2=O)cc(OC)c1OC. The Kier molecular flexibility index (Phi) is 6.07. The zero-order valence-corrected chi connectivity index (χ0v) is 18.2. The fraction of sp³-hybridized carbons (Fsp3) is 0.130. The number of nitrogens with one attached hydrogen (secondary N) is 1. The number of benzene rings is 2. The van der Waals surface area contributed by atoms with Crippen molar-refractivity contribution in [2.45, 2.75) is 0 Å². The third kappa shape index (κ3) is 4.26. The van der Waals surface area contributed by atoms with Crippen LogP contribution >= 0.6 is 0 Å². The number of nitrogens with zero attached hydrogens (tertiary/aromatic N) is 4. The van der Waals surface area contributed by atoms with Gasteiger partial charge in [0.1, 0.15) is 11.7 Å². The van der Waals surface area contributed by atoms with Crippen LogP contribution in [-0.2, 0) is 4.79 Å². The lowest BCUT2D eigenvalue weighted by molar-refractivity contribution is -0.112. The minimum absolute atomic E-state index is 0.273. The molecule has 0 aliphatic heterocycles. The summed E-state index contributed by atoms with van der Waals surface area (Å²) in [5, 5.41) is 4.52. The largest absolute Gasteiger partial charge is 0.493 e. The van der Waals surface area contributed by atoms with E-state index in [1.165, 1.54) is 39.9 Å². The maximum Gasteiger partial charge on any atom is 0.283 e. The first-order valence-electron chi connectivity index (χ1n) is 9.85. The van der Waals surface area contributed by atoms with E-state index in [4.69, 9.17) is 14.2 Å². The number of amides is 1. The number of carbonyl (C=O) groups excluding carboxylic acids is 1. The van der Waals surface area contributed by atoms with Crippen molar-refractivity contribution >= 4 is 23.0 Å². The summed E-state index contributed by atoms with van der Waals surface area (Å²) in [4.78, 5) is 29.5. The number of methoxy groups -OCH3 is 3. The highest BCUT2D eigenvalue weighted by atomic mass is 16.5. The monoisotopic (exact) mass is 447 g/mol. The molecule has 2 heterocycles. The van der Waals surface area contributed by atoms with Crippen molar-refractivity contribution in [3.63, 3.8) is 0 Å². The third-order valence-electron chi connectivity index (χ3n) is 4.83. The second-order valence-electron chi connectivity index (χ2n) is 6.82. The fourth-order valence-electron chi connectivity index (χ4n) is 3.27. The Morgan fingerprint density at radius 2 is 1.73 bits per heavy atom. The molecule has 0 saturated carbocycles. The topological polar surface area (TPSA) is 110 Å². The van der Waals surface area contributed by atoms with Crippen LogP contribution < -0.4 is 25.2 Å². The molecule has 2 aromatic carbocycles. The van der Waals surface area contributed by atoms with Crippen molar-refractivity contribution in [3.8, 4) is 22.9 Å². The number of ether oxygens (including phenoxy) is 3. The molecule has 168 valence electrons. The molecule has 0 spiro atoms. The Labute approximate surface area is 188 Å². The Balaban J connectivity index is 1.57. The molecule has 0 unspecified atom stereocenters. The predicted octanol–water partition coefficient (Wildman–Crippen LogP) is 2.39. The molecule has 0 radical (unpaired) electrons. The molecule has 4 rings (SSSR count). The van der Waals surface area contributed by atoms with E-state index in [0.717, 1.165) is 10.4 Å². The third-order valence-corrected chi connectivity index (χ3v) is 4.83. The van der Waals surface area contributed by atoms with Crippen LogP contribution in [0.25, 0.3) is 22.8 Å². The average Bonchev–Trinajstić information content (AvgIpc) is 3.29. The number of para-hydroxylation sites is 1. The Hall–Kier alpha value is -4.60. The van der Waals surface area contributed by atoms with Gasteiger partial charge in [0.2, 0.25) is 5.75 Å². The summed E-state index contributed by atoms with van der Waals surface area (Å²) in [6, 6.07) is 12.7. The maximum absolute atomic E-state index is 12.8. The van der Waals surface area contributed by atoms with Crippen molar-refractivity contribution in [2.24, 2.45) is 0 Å². The Morgan fingerprint density at radius 3 is 2.36 bits per heavy atom. The summed E-state index contributed by atoms with van der Waals surface area (Å²) in [5.41, 5.74) is 3.85. The lowest BCUT2D eigenvalue weighted by Crippen LogP contribution is -2.32. The summed E-state index contributed by atoms with van der Waals surface area (Å²) in [6.07, 6.45) is 5.51. The van der Waals surface area contributed by atoms with Crippen molar-refractivity contribution in [2.75, 3.05) is 26.8 Å². The second kappa shape index (κ2) is 9.27. The van der Waals surface area contributed by atoms with Crippen LogP contribution in [0.5, 0.6) is 17.2 Å². The van der Waals surface area contributed by atoms with Crippen molar-refractivity contribution in [3.05, 3.63) is 77.0 Å². The molecule has 2 aromatic heterocycles. The molecule has 10 heteroatoms. The van der Waals surface area contributed by atoms with E-state index in [-0.39, 0.29) is 5.39 Å². The van der Waals surface area contributed by atoms with E-state index in [0.29, 0.717) is 28.5 Å². The molecule has 0 aliphatic rings. The summed E-state index contributed by atoms with van der Waals surface area (Å²) >= 11 is 0. The van der Waals surface area contributed by atoms with Gasteiger partial charge < -0.3 is 14.2 Å². The van der Waals surface area contributed by atoms with Gasteiger partial charge >= 0.3 is 0 Å². The first-order valence-corrected chi connectivity index (χ1v) is 9.85. The van der Waals surface area contributed by atoms with Gasteiger partial charge in [-0.05, 0) is 35.9 Å². The number of carbonyl (C=O) groups is 1. The second-order valence-corrected chi connectivity index (χ2v) is 6.82. The van der Waals surface area contributed by atoms with Crippen LogP contribution in [-0.4, -0.2) is 46.7 Å². The Bertz CT molecular complexity index is 1370. The number of hydrogen-bond acceptors (Lipinski definition) is 7.